The standard InChI is InChI=1S/C11H19NO3/c1-11(2,3)14-10(13)12-8-4-6-9(15-12)7-5-8/h8-9H,4-7H2,1-3H3. The Balaban J connectivity index is 1.96. The number of amides is 1. The number of rotatable bonds is 0. The van der Waals surface area contributed by atoms with E-state index < -0.39 is 5.60 Å². The van der Waals surface area contributed by atoms with E-state index in [0.29, 0.717) is 0 Å². The number of carbonyl (C=O) groups excluding carboxylic acids is 1. The Bertz CT molecular complexity index is 251. The van der Waals surface area contributed by atoms with E-state index in [4.69, 9.17) is 9.57 Å². The van der Waals surface area contributed by atoms with Crippen LogP contribution in [-0.4, -0.2) is 28.9 Å². The fraction of sp³-hybridized carbons (Fsp3) is 0.909. The van der Waals surface area contributed by atoms with Crippen LogP contribution >= 0.6 is 0 Å². The maximum atomic E-state index is 11.8. The Morgan fingerprint density at radius 3 is 2.27 bits per heavy atom. The molecule has 1 aliphatic carbocycles. The van der Waals surface area contributed by atoms with Crippen molar-refractivity contribution in [3.8, 4) is 0 Å². The summed E-state index contributed by atoms with van der Waals surface area (Å²) in [6, 6.07) is 0.227. The third-order valence-electron chi connectivity index (χ3n) is 2.81. The van der Waals surface area contributed by atoms with Gasteiger partial charge in [-0.1, -0.05) is 0 Å². The molecule has 3 rings (SSSR count). The summed E-state index contributed by atoms with van der Waals surface area (Å²) in [5, 5.41) is 1.45. The largest absolute Gasteiger partial charge is 0.442 e. The molecule has 4 heteroatoms. The molecule has 3 aliphatic rings. The minimum absolute atomic E-state index is 0.225. The van der Waals surface area contributed by atoms with Gasteiger partial charge in [-0.05, 0) is 46.5 Å². The van der Waals surface area contributed by atoms with Crippen LogP contribution in [-0.2, 0) is 9.57 Å². The van der Waals surface area contributed by atoms with Gasteiger partial charge in [0.1, 0.15) is 5.60 Å². The maximum Gasteiger partial charge on any atom is 0.434 e. The number of ether oxygens (including phenoxy) is 1. The van der Waals surface area contributed by atoms with E-state index in [1.54, 1.807) is 0 Å². The summed E-state index contributed by atoms with van der Waals surface area (Å²) in [7, 11) is 0. The minimum atomic E-state index is -0.447. The van der Waals surface area contributed by atoms with Crippen LogP contribution in [0.5, 0.6) is 0 Å². The summed E-state index contributed by atoms with van der Waals surface area (Å²) in [4.78, 5) is 17.3. The molecule has 2 heterocycles. The van der Waals surface area contributed by atoms with Crippen molar-refractivity contribution in [1.82, 2.24) is 5.06 Å². The fourth-order valence-corrected chi connectivity index (χ4v) is 2.13. The third-order valence-corrected chi connectivity index (χ3v) is 2.81. The van der Waals surface area contributed by atoms with Crippen LogP contribution < -0.4 is 0 Å². The van der Waals surface area contributed by atoms with Gasteiger partial charge in [0, 0.05) is 0 Å². The summed E-state index contributed by atoms with van der Waals surface area (Å²) in [6.07, 6.45) is 4.13. The highest BCUT2D eigenvalue weighted by molar-refractivity contribution is 5.67. The van der Waals surface area contributed by atoms with E-state index in [-0.39, 0.29) is 18.2 Å². The van der Waals surface area contributed by atoms with E-state index >= 15 is 0 Å². The van der Waals surface area contributed by atoms with Gasteiger partial charge in [0.15, 0.2) is 0 Å². The Morgan fingerprint density at radius 2 is 1.87 bits per heavy atom. The van der Waals surface area contributed by atoms with E-state index in [9.17, 15) is 4.79 Å². The minimum Gasteiger partial charge on any atom is -0.442 e. The SMILES string of the molecule is CC(C)(C)OC(=O)N1OC2CCC1CC2. The van der Waals surface area contributed by atoms with Crippen molar-refractivity contribution < 1.29 is 14.4 Å². The van der Waals surface area contributed by atoms with Crippen LogP contribution in [0.25, 0.3) is 0 Å². The summed E-state index contributed by atoms with van der Waals surface area (Å²) in [5.74, 6) is 0. The molecule has 0 spiro atoms. The van der Waals surface area contributed by atoms with Gasteiger partial charge in [0.25, 0.3) is 0 Å². The van der Waals surface area contributed by atoms with E-state index in [2.05, 4.69) is 0 Å². The first-order valence-corrected chi connectivity index (χ1v) is 5.65. The van der Waals surface area contributed by atoms with Gasteiger partial charge in [-0.3, -0.25) is 4.84 Å². The summed E-state index contributed by atoms with van der Waals surface area (Å²) >= 11 is 0. The molecule has 0 atom stereocenters. The van der Waals surface area contributed by atoms with Crippen molar-refractivity contribution in [2.24, 2.45) is 0 Å². The zero-order valence-corrected chi connectivity index (χ0v) is 9.66. The molecular formula is C11H19NO3. The number of carbonyl (C=O) groups is 1. The average molecular weight is 213 g/mol. The second kappa shape index (κ2) is 3.67. The van der Waals surface area contributed by atoms with Crippen LogP contribution in [0.3, 0.4) is 0 Å². The van der Waals surface area contributed by atoms with Crippen molar-refractivity contribution in [3.63, 3.8) is 0 Å². The molecule has 0 aromatic carbocycles. The van der Waals surface area contributed by atoms with Gasteiger partial charge < -0.3 is 4.74 Å². The van der Waals surface area contributed by atoms with Gasteiger partial charge in [0.05, 0.1) is 12.1 Å². The number of hydrogen-bond acceptors (Lipinski definition) is 3. The smallest absolute Gasteiger partial charge is 0.434 e. The van der Waals surface area contributed by atoms with Gasteiger partial charge in [0.2, 0.25) is 0 Å². The Labute approximate surface area is 90.5 Å². The number of nitrogens with zero attached hydrogens (tertiary/aromatic N) is 1. The van der Waals surface area contributed by atoms with Gasteiger partial charge in [-0.2, -0.15) is 5.06 Å². The van der Waals surface area contributed by atoms with Gasteiger partial charge >= 0.3 is 6.09 Å². The van der Waals surface area contributed by atoms with E-state index in [1.807, 2.05) is 20.8 Å². The Kier molecular flexibility index (Phi) is 2.63. The molecule has 0 aromatic rings. The average Bonchev–Trinajstić information content (AvgIpc) is 2.17. The van der Waals surface area contributed by atoms with Gasteiger partial charge in [-0.15, -0.1) is 0 Å². The zero-order chi connectivity index (χ0) is 11.1. The van der Waals surface area contributed by atoms with Crippen LogP contribution in [0.15, 0.2) is 0 Å². The van der Waals surface area contributed by atoms with Crippen molar-refractivity contribution in [3.05, 3.63) is 0 Å². The van der Waals surface area contributed by atoms with Crippen LogP contribution in [0.2, 0.25) is 0 Å². The fourth-order valence-electron chi connectivity index (χ4n) is 2.13. The van der Waals surface area contributed by atoms with Crippen molar-refractivity contribution in [2.75, 3.05) is 0 Å². The molecule has 86 valence electrons. The summed E-state index contributed by atoms with van der Waals surface area (Å²) in [5.41, 5.74) is -0.447. The lowest BCUT2D eigenvalue weighted by molar-refractivity contribution is -0.254. The monoisotopic (exact) mass is 213 g/mol. The van der Waals surface area contributed by atoms with Crippen LogP contribution in [0.1, 0.15) is 46.5 Å². The number of hydrogen-bond donors (Lipinski definition) is 0. The molecule has 1 saturated carbocycles. The molecule has 2 bridgehead atoms. The quantitative estimate of drug-likeness (QED) is 0.620. The van der Waals surface area contributed by atoms with Crippen molar-refractivity contribution in [1.29, 1.82) is 0 Å². The molecule has 0 unspecified atom stereocenters. The van der Waals surface area contributed by atoms with E-state index in [0.717, 1.165) is 25.7 Å². The first-order chi connectivity index (χ1) is 6.96. The molecule has 1 amide bonds. The first kappa shape index (κ1) is 10.7. The normalized spacial score (nSPS) is 30.5. The molecule has 0 N–H and O–H groups in total. The van der Waals surface area contributed by atoms with E-state index in [1.165, 1.54) is 5.06 Å². The van der Waals surface area contributed by atoms with Crippen molar-refractivity contribution >= 4 is 6.09 Å². The highest BCUT2D eigenvalue weighted by Gasteiger charge is 2.39. The lowest BCUT2D eigenvalue weighted by Crippen LogP contribution is -2.52. The first-order valence-electron chi connectivity index (χ1n) is 5.65. The Morgan fingerprint density at radius 1 is 1.27 bits per heavy atom. The lowest BCUT2D eigenvalue weighted by Gasteiger charge is -2.43. The zero-order valence-electron chi connectivity index (χ0n) is 9.66. The molecule has 0 aromatic heterocycles. The topological polar surface area (TPSA) is 38.8 Å². The second-order valence-electron chi connectivity index (χ2n) is 5.34. The molecule has 4 nitrogen and oxygen atoms in total. The van der Waals surface area contributed by atoms with Gasteiger partial charge in [-0.25, -0.2) is 4.79 Å². The summed E-state index contributed by atoms with van der Waals surface area (Å²) < 4.78 is 5.29. The second-order valence-corrected chi connectivity index (χ2v) is 5.34. The Hall–Kier alpha value is -0.770. The highest BCUT2D eigenvalue weighted by atomic mass is 16.7. The highest BCUT2D eigenvalue weighted by Crippen LogP contribution is 2.33. The molecule has 2 saturated heterocycles. The predicted octanol–water partition coefficient (Wildman–Crippen LogP) is 2.48. The number of fused-ring (bicyclic) bond motifs is 3. The van der Waals surface area contributed by atoms with Crippen LogP contribution in [0.4, 0.5) is 4.79 Å². The lowest BCUT2D eigenvalue weighted by atomic mass is 9.91. The summed E-state index contributed by atoms with van der Waals surface area (Å²) in [6.45, 7) is 5.60. The molecule has 3 fully saturated rings. The third kappa shape index (κ3) is 2.43. The molecular weight excluding hydrogens is 194 g/mol. The van der Waals surface area contributed by atoms with Crippen molar-refractivity contribution in [2.45, 2.75) is 64.2 Å². The number of hydroxylamine groups is 2. The molecule has 15 heavy (non-hydrogen) atoms. The maximum absolute atomic E-state index is 11.8. The van der Waals surface area contributed by atoms with Crippen LogP contribution in [0, 0.1) is 0 Å². The molecule has 2 aliphatic heterocycles. The molecule has 0 radical (unpaired) electrons. The predicted molar refractivity (Wildman–Crippen MR) is 55.2 cm³/mol.